The van der Waals surface area contributed by atoms with E-state index in [2.05, 4.69) is 24.5 Å². The molecule has 112 valence electrons. The zero-order valence-corrected chi connectivity index (χ0v) is 12.5. The van der Waals surface area contributed by atoms with Crippen LogP contribution in [0, 0.1) is 11.8 Å². The van der Waals surface area contributed by atoms with Crippen molar-refractivity contribution < 1.29 is 14.3 Å². The number of morpholine rings is 1. The SMILES string of the molecule is CC(C)C1OCCC1CNC(=O)C1CNCCO1.Cl. The molecule has 2 N–H and O–H groups in total. The topological polar surface area (TPSA) is 59.6 Å². The van der Waals surface area contributed by atoms with Crippen LogP contribution in [0.15, 0.2) is 0 Å². The molecule has 0 radical (unpaired) electrons. The molecule has 0 aromatic heterocycles. The molecule has 2 heterocycles. The molecule has 0 bridgehead atoms. The van der Waals surface area contributed by atoms with Gasteiger partial charge in [-0.2, -0.15) is 0 Å². The van der Waals surface area contributed by atoms with E-state index in [1.54, 1.807) is 0 Å². The highest BCUT2D eigenvalue weighted by Gasteiger charge is 2.31. The lowest BCUT2D eigenvalue weighted by molar-refractivity contribution is -0.134. The van der Waals surface area contributed by atoms with Crippen LogP contribution in [0.2, 0.25) is 0 Å². The highest BCUT2D eigenvalue weighted by molar-refractivity contribution is 5.85. The van der Waals surface area contributed by atoms with Crippen LogP contribution < -0.4 is 10.6 Å². The molecule has 0 aromatic rings. The molecule has 6 heteroatoms. The van der Waals surface area contributed by atoms with E-state index < -0.39 is 0 Å². The van der Waals surface area contributed by atoms with Crippen LogP contribution >= 0.6 is 12.4 Å². The molecule has 2 fully saturated rings. The summed E-state index contributed by atoms with van der Waals surface area (Å²) < 4.78 is 11.1. The van der Waals surface area contributed by atoms with Gasteiger partial charge in [-0.15, -0.1) is 12.4 Å². The van der Waals surface area contributed by atoms with Crippen LogP contribution in [0.3, 0.4) is 0 Å². The van der Waals surface area contributed by atoms with Gasteiger partial charge < -0.3 is 20.1 Å². The molecule has 3 atom stereocenters. The quantitative estimate of drug-likeness (QED) is 0.795. The molecule has 5 nitrogen and oxygen atoms in total. The summed E-state index contributed by atoms with van der Waals surface area (Å²) in [5, 5.41) is 6.16. The van der Waals surface area contributed by atoms with Crippen LogP contribution in [-0.4, -0.2) is 51.0 Å². The van der Waals surface area contributed by atoms with E-state index in [-0.39, 0.29) is 30.5 Å². The third-order valence-electron chi connectivity index (χ3n) is 3.68. The summed E-state index contributed by atoms with van der Waals surface area (Å²) in [5.74, 6) is 0.934. The minimum atomic E-state index is -0.335. The molecule has 0 aliphatic carbocycles. The van der Waals surface area contributed by atoms with Crippen molar-refractivity contribution >= 4 is 18.3 Å². The number of hydrogen-bond acceptors (Lipinski definition) is 4. The van der Waals surface area contributed by atoms with Gasteiger partial charge in [0.1, 0.15) is 6.10 Å². The van der Waals surface area contributed by atoms with E-state index in [9.17, 15) is 4.79 Å². The third kappa shape index (κ3) is 4.60. The van der Waals surface area contributed by atoms with Gasteiger partial charge in [-0.1, -0.05) is 13.8 Å². The van der Waals surface area contributed by atoms with Crippen molar-refractivity contribution in [3.63, 3.8) is 0 Å². The fourth-order valence-corrected chi connectivity index (χ4v) is 2.69. The van der Waals surface area contributed by atoms with E-state index in [0.717, 1.165) is 19.6 Å². The average Bonchev–Trinajstić information content (AvgIpc) is 2.85. The Labute approximate surface area is 121 Å². The van der Waals surface area contributed by atoms with Crippen LogP contribution in [-0.2, 0) is 14.3 Å². The van der Waals surface area contributed by atoms with Gasteiger partial charge in [0, 0.05) is 32.2 Å². The highest BCUT2D eigenvalue weighted by atomic mass is 35.5. The number of ether oxygens (including phenoxy) is 2. The van der Waals surface area contributed by atoms with Gasteiger partial charge in [-0.3, -0.25) is 4.79 Å². The first-order chi connectivity index (χ1) is 8.68. The van der Waals surface area contributed by atoms with Crippen molar-refractivity contribution in [2.24, 2.45) is 11.8 Å². The summed E-state index contributed by atoms with van der Waals surface area (Å²) >= 11 is 0. The van der Waals surface area contributed by atoms with Crippen LogP contribution in [0.4, 0.5) is 0 Å². The summed E-state index contributed by atoms with van der Waals surface area (Å²) in [6, 6.07) is 0. The zero-order valence-electron chi connectivity index (χ0n) is 11.7. The second-order valence-corrected chi connectivity index (χ2v) is 5.44. The lowest BCUT2D eigenvalue weighted by Gasteiger charge is -2.25. The Balaban J connectivity index is 0.00000180. The van der Waals surface area contributed by atoms with Crippen molar-refractivity contribution in [3.8, 4) is 0 Å². The normalized spacial score (nSPS) is 31.0. The standard InChI is InChI=1S/C13H24N2O3.ClH/c1-9(2)12-10(3-5-18-12)7-15-13(16)11-8-14-4-6-17-11;/h9-12,14H,3-8H2,1-2H3,(H,15,16);1H. The lowest BCUT2D eigenvalue weighted by atomic mass is 9.93. The molecule has 1 amide bonds. The van der Waals surface area contributed by atoms with Crippen molar-refractivity contribution in [2.75, 3.05) is 32.8 Å². The van der Waals surface area contributed by atoms with Gasteiger partial charge in [0.15, 0.2) is 0 Å². The maximum Gasteiger partial charge on any atom is 0.250 e. The van der Waals surface area contributed by atoms with Gasteiger partial charge >= 0.3 is 0 Å². The molecular formula is C13H25ClN2O3. The molecule has 2 saturated heterocycles. The van der Waals surface area contributed by atoms with Crippen molar-refractivity contribution in [1.29, 1.82) is 0 Å². The van der Waals surface area contributed by atoms with Crippen LogP contribution in [0.5, 0.6) is 0 Å². The summed E-state index contributed by atoms with van der Waals surface area (Å²) in [5.41, 5.74) is 0. The summed E-state index contributed by atoms with van der Waals surface area (Å²) in [6.45, 7) is 7.89. The molecule has 19 heavy (non-hydrogen) atoms. The number of hydrogen-bond donors (Lipinski definition) is 2. The zero-order chi connectivity index (χ0) is 13.0. The molecule has 0 spiro atoms. The summed E-state index contributed by atoms with van der Waals surface area (Å²) in [7, 11) is 0. The Morgan fingerprint density at radius 2 is 2.16 bits per heavy atom. The number of nitrogens with one attached hydrogen (secondary N) is 2. The van der Waals surface area contributed by atoms with Crippen molar-refractivity contribution in [1.82, 2.24) is 10.6 Å². The Hall–Kier alpha value is -0.360. The smallest absolute Gasteiger partial charge is 0.250 e. The second-order valence-electron chi connectivity index (χ2n) is 5.44. The van der Waals surface area contributed by atoms with Crippen LogP contribution in [0.1, 0.15) is 20.3 Å². The van der Waals surface area contributed by atoms with Gasteiger partial charge in [-0.25, -0.2) is 0 Å². The minimum absolute atomic E-state index is 0. The maximum atomic E-state index is 11.9. The molecule has 2 aliphatic rings. The van der Waals surface area contributed by atoms with Crippen LogP contribution in [0.25, 0.3) is 0 Å². The van der Waals surface area contributed by atoms with E-state index in [1.807, 2.05) is 0 Å². The summed E-state index contributed by atoms with van der Waals surface area (Å²) in [4.78, 5) is 11.9. The molecule has 2 rings (SSSR count). The Morgan fingerprint density at radius 3 is 2.79 bits per heavy atom. The fourth-order valence-electron chi connectivity index (χ4n) is 2.69. The van der Waals surface area contributed by atoms with Gasteiger partial charge in [-0.05, 0) is 12.3 Å². The molecular weight excluding hydrogens is 268 g/mol. The summed E-state index contributed by atoms with van der Waals surface area (Å²) in [6.07, 6.45) is 0.974. The average molecular weight is 293 g/mol. The monoisotopic (exact) mass is 292 g/mol. The number of carbonyl (C=O) groups excluding carboxylic acids is 1. The highest BCUT2D eigenvalue weighted by Crippen LogP contribution is 2.26. The van der Waals surface area contributed by atoms with Crippen molar-refractivity contribution in [2.45, 2.75) is 32.5 Å². The first-order valence-corrected chi connectivity index (χ1v) is 6.90. The molecule has 0 aromatic carbocycles. The first kappa shape index (κ1) is 16.7. The Morgan fingerprint density at radius 1 is 1.37 bits per heavy atom. The van der Waals surface area contributed by atoms with Gasteiger partial charge in [0.2, 0.25) is 5.91 Å². The predicted octanol–water partition coefficient (Wildman–Crippen LogP) is 0.574. The van der Waals surface area contributed by atoms with E-state index in [4.69, 9.17) is 9.47 Å². The second kappa shape index (κ2) is 8.04. The Kier molecular flexibility index (Phi) is 7.07. The number of rotatable bonds is 4. The molecule has 2 aliphatic heterocycles. The minimum Gasteiger partial charge on any atom is -0.378 e. The van der Waals surface area contributed by atoms with E-state index in [1.165, 1.54) is 0 Å². The fraction of sp³-hybridized carbons (Fsp3) is 0.923. The largest absolute Gasteiger partial charge is 0.378 e. The van der Waals surface area contributed by atoms with Gasteiger partial charge in [0.05, 0.1) is 12.7 Å². The van der Waals surface area contributed by atoms with E-state index in [0.29, 0.717) is 31.5 Å². The first-order valence-electron chi connectivity index (χ1n) is 6.90. The van der Waals surface area contributed by atoms with E-state index >= 15 is 0 Å². The number of carbonyl (C=O) groups is 1. The molecule has 0 saturated carbocycles. The van der Waals surface area contributed by atoms with Gasteiger partial charge in [0.25, 0.3) is 0 Å². The third-order valence-corrected chi connectivity index (χ3v) is 3.68. The Bertz CT molecular complexity index is 283. The number of amides is 1. The maximum absolute atomic E-state index is 11.9. The lowest BCUT2D eigenvalue weighted by Crippen LogP contribution is -2.49. The molecule has 3 unspecified atom stereocenters. The number of halogens is 1. The van der Waals surface area contributed by atoms with Crippen molar-refractivity contribution in [3.05, 3.63) is 0 Å². The predicted molar refractivity (Wildman–Crippen MR) is 75.6 cm³/mol.